The lowest BCUT2D eigenvalue weighted by Gasteiger charge is -2.30. The van der Waals surface area contributed by atoms with E-state index < -0.39 is 18.1 Å². The van der Waals surface area contributed by atoms with Crippen molar-refractivity contribution < 1.29 is 14.3 Å². The standard InChI is InChI=1S/C26H23IN4O3/c1-15(16-6-4-3-5-7-16)23(24-28-20-13-10-18(27)14-21(20)29-24)31-25(32)22(30-26(31)33)17-8-11-19(34-2)12-9-17/h3-13,15,22-23H,14H2,1-2H3,(H,30,33)/t15-,22-,23+/m1/s1. The first kappa shape index (κ1) is 22.5. The number of amides is 3. The minimum Gasteiger partial charge on any atom is -0.497 e. The number of amidine groups is 1. The Morgan fingerprint density at radius 2 is 1.79 bits per heavy atom. The van der Waals surface area contributed by atoms with Crippen LogP contribution in [0.25, 0.3) is 0 Å². The molecule has 2 aliphatic heterocycles. The molecule has 1 fully saturated rings. The van der Waals surface area contributed by atoms with Gasteiger partial charge < -0.3 is 10.1 Å². The van der Waals surface area contributed by atoms with Crippen LogP contribution in [0.15, 0.2) is 86.0 Å². The fourth-order valence-electron chi connectivity index (χ4n) is 4.47. The van der Waals surface area contributed by atoms with Gasteiger partial charge in [0.25, 0.3) is 5.91 Å². The SMILES string of the molecule is COc1ccc([C@H]2NC(=O)N([C@H](C3=NC4=CC=C(I)CC4=N3)[C@H](C)c3ccccc3)C2=O)cc1. The Morgan fingerprint density at radius 1 is 1.06 bits per heavy atom. The van der Waals surface area contributed by atoms with Gasteiger partial charge in [-0.2, -0.15) is 0 Å². The third-order valence-electron chi connectivity index (χ3n) is 6.30. The number of halogens is 1. The molecular weight excluding hydrogens is 543 g/mol. The lowest BCUT2D eigenvalue weighted by atomic mass is 9.91. The Labute approximate surface area is 211 Å². The highest BCUT2D eigenvalue weighted by Crippen LogP contribution is 2.34. The monoisotopic (exact) mass is 566 g/mol. The van der Waals surface area contributed by atoms with Crippen LogP contribution in [0.3, 0.4) is 0 Å². The second kappa shape index (κ2) is 9.17. The number of ether oxygens (including phenoxy) is 1. The second-order valence-corrected chi connectivity index (χ2v) is 9.76. The summed E-state index contributed by atoms with van der Waals surface area (Å²) < 4.78 is 6.38. The number of carbonyl (C=O) groups excluding carboxylic acids is 2. The molecule has 3 aliphatic rings. The number of carbonyl (C=O) groups is 2. The van der Waals surface area contributed by atoms with Crippen molar-refractivity contribution in [2.45, 2.75) is 31.3 Å². The molecule has 34 heavy (non-hydrogen) atoms. The van der Waals surface area contributed by atoms with Gasteiger partial charge in [0, 0.05) is 12.3 Å². The number of benzene rings is 2. The second-order valence-electron chi connectivity index (χ2n) is 8.38. The maximum Gasteiger partial charge on any atom is 0.325 e. The van der Waals surface area contributed by atoms with E-state index in [-0.39, 0.29) is 11.8 Å². The van der Waals surface area contributed by atoms with Crippen LogP contribution in [-0.2, 0) is 4.79 Å². The van der Waals surface area contributed by atoms with Gasteiger partial charge in [-0.15, -0.1) is 0 Å². The van der Waals surface area contributed by atoms with Crippen LogP contribution in [-0.4, -0.2) is 41.5 Å². The van der Waals surface area contributed by atoms with E-state index in [1.165, 1.54) is 8.48 Å². The summed E-state index contributed by atoms with van der Waals surface area (Å²) in [5, 5.41) is 2.85. The average Bonchev–Trinajstić information content (AvgIpc) is 3.40. The van der Waals surface area contributed by atoms with Crippen LogP contribution >= 0.6 is 22.6 Å². The van der Waals surface area contributed by atoms with Crippen molar-refractivity contribution in [3.8, 4) is 5.75 Å². The maximum absolute atomic E-state index is 13.7. The minimum atomic E-state index is -0.775. The Kier molecular flexibility index (Phi) is 6.07. The Balaban J connectivity index is 1.53. The Hall–Kier alpha value is -3.27. The highest BCUT2D eigenvalue weighted by molar-refractivity contribution is 14.1. The number of imide groups is 1. The van der Waals surface area contributed by atoms with Crippen LogP contribution in [0.2, 0.25) is 0 Å². The molecule has 5 rings (SSSR count). The largest absolute Gasteiger partial charge is 0.497 e. The van der Waals surface area contributed by atoms with Gasteiger partial charge in [0.15, 0.2) is 5.84 Å². The van der Waals surface area contributed by atoms with Crippen LogP contribution < -0.4 is 10.1 Å². The number of hydrogen-bond acceptors (Lipinski definition) is 5. The minimum absolute atomic E-state index is 0.207. The predicted molar refractivity (Wildman–Crippen MR) is 139 cm³/mol. The van der Waals surface area contributed by atoms with Gasteiger partial charge in [0.05, 0.1) is 18.5 Å². The third-order valence-corrected chi connectivity index (χ3v) is 7.04. The normalized spacial score (nSPS) is 21.1. The summed E-state index contributed by atoms with van der Waals surface area (Å²) in [6, 6.07) is 15.1. The lowest BCUT2D eigenvalue weighted by Crippen LogP contribution is -2.47. The lowest BCUT2D eigenvalue weighted by molar-refractivity contribution is -0.128. The van der Waals surface area contributed by atoms with Crippen molar-refractivity contribution in [3.63, 3.8) is 0 Å². The highest BCUT2D eigenvalue weighted by Gasteiger charge is 2.47. The van der Waals surface area contributed by atoms with Gasteiger partial charge in [0.2, 0.25) is 0 Å². The van der Waals surface area contributed by atoms with Gasteiger partial charge in [0.1, 0.15) is 17.8 Å². The van der Waals surface area contributed by atoms with E-state index in [1.54, 1.807) is 31.4 Å². The molecule has 3 amide bonds. The van der Waals surface area contributed by atoms with Crippen molar-refractivity contribution in [1.82, 2.24) is 10.2 Å². The van der Waals surface area contributed by atoms with Gasteiger partial charge >= 0.3 is 6.03 Å². The van der Waals surface area contributed by atoms with Crippen molar-refractivity contribution >= 4 is 46.1 Å². The van der Waals surface area contributed by atoms with Crippen LogP contribution in [0.4, 0.5) is 4.79 Å². The molecule has 1 N–H and O–H groups in total. The summed E-state index contributed by atoms with van der Waals surface area (Å²) in [5.74, 6) is 0.642. The maximum atomic E-state index is 13.7. The van der Waals surface area contributed by atoms with E-state index in [4.69, 9.17) is 14.7 Å². The first-order valence-electron chi connectivity index (χ1n) is 11.0. The first-order valence-corrected chi connectivity index (χ1v) is 12.1. The summed E-state index contributed by atoms with van der Waals surface area (Å²) in [7, 11) is 1.59. The average molecular weight is 566 g/mol. The molecule has 0 saturated carbocycles. The number of rotatable bonds is 6. The zero-order valence-corrected chi connectivity index (χ0v) is 20.9. The summed E-state index contributed by atoms with van der Waals surface area (Å²) in [6.45, 7) is 2.00. The quantitative estimate of drug-likeness (QED) is 0.398. The molecule has 2 heterocycles. The zero-order chi connectivity index (χ0) is 23.8. The number of methoxy groups -OCH3 is 1. The number of nitrogens with zero attached hydrogens (tertiary/aromatic N) is 3. The summed E-state index contributed by atoms with van der Waals surface area (Å²) >= 11 is 2.29. The van der Waals surface area contributed by atoms with E-state index >= 15 is 0 Å². The van der Waals surface area contributed by atoms with Crippen molar-refractivity contribution in [2.75, 3.05) is 7.11 Å². The number of urea groups is 1. The molecule has 0 radical (unpaired) electrons. The van der Waals surface area contributed by atoms with Crippen molar-refractivity contribution in [3.05, 3.63) is 87.2 Å². The summed E-state index contributed by atoms with van der Waals surface area (Å²) in [5.41, 5.74) is 3.35. The number of fused-ring (bicyclic) bond motifs is 1. The van der Waals surface area contributed by atoms with Gasteiger partial charge in [-0.25, -0.2) is 14.8 Å². The molecule has 0 aromatic heterocycles. The van der Waals surface area contributed by atoms with Gasteiger partial charge in [-0.1, -0.05) is 55.5 Å². The fraction of sp³-hybridized carbons (Fsp3) is 0.231. The third kappa shape index (κ3) is 4.06. The highest BCUT2D eigenvalue weighted by atomic mass is 127. The van der Waals surface area contributed by atoms with Crippen LogP contribution in [0, 0.1) is 0 Å². The molecule has 172 valence electrons. The first-order chi connectivity index (χ1) is 16.5. The molecule has 7 nitrogen and oxygen atoms in total. The summed E-state index contributed by atoms with van der Waals surface area (Å²) in [6.07, 6.45) is 4.65. The molecule has 0 bridgehead atoms. The van der Waals surface area contributed by atoms with E-state index in [0.29, 0.717) is 23.6 Å². The van der Waals surface area contributed by atoms with Crippen molar-refractivity contribution in [2.24, 2.45) is 9.98 Å². The van der Waals surface area contributed by atoms with E-state index in [9.17, 15) is 9.59 Å². The van der Waals surface area contributed by atoms with Crippen molar-refractivity contribution in [1.29, 1.82) is 0 Å². The molecular formula is C26H23IN4O3. The Morgan fingerprint density at radius 3 is 2.50 bits per heavy atom. The van der Waals surface area contributed by atoms with E-state index in [0.717, 1.165) is 17.0 Å². The fourth-order valence-corrected chi connectivity index (χ4v) is 5.01. The molecule has 2 aromatic carbocycles. The van der Waals surface area contributed by atoms with Gasteiger partial charge in [-0.05, 0) is 55.5 Å². The molecule has 8 heteroatoms. The predicted octanol–water partition coefficient (Wildman–Crippen LogP) is 4.92. The Bertz CT molecular complexity index is 1260. The number of aliphatic imine (C=N–C) groups is 2. The van der Waals surface area contributed by atoms with Crippen LogP contribution in [0.5, 0.6) is 5.75 Å². The topological polar surface area (TPSA) is 83.4 Å². The zero-order valence-electron chi connectivity index (χ0n) is 18.7. The summed E-state index contributed by atoms with van der Waals surface area (Å²) in [4.78, 5) is 37.7. The van der Waals surface area contributed by atoms with Crippen LogP contribution in [0.1, 0.15) is 36.4 Å². The smallest absolute Gasteiger partial charge is 0.325 e. The molecule has 3 atom stereocenters. The van der Waals surface area contributed by atoms with Gasteiger partial charge in [-0.3, -0.25) is 9.69 Å². The molecule has 1 aliphatic carbocycles. The number of hydrogen-bond donors (Lipinski definition) is 1. The molecule has 0 spiro atoms. The molecule has 1 saturated heterocycles. The molecule has 2 aromatic rings. The van der Waals surface area contributed by atoms with E-state index in [1.807, 2.05) is 49.4 Å². The van der Waals surface area contributed by atoms with E-state index in [2.05, 4.69) is 27.9 Å². The molecule has 0 unspecified atom stereocenters. The number of nitrogens with one attached hydrogen (secondary N) is 1. The number of allylic oxidation sites excluding steroid dienone is 4.